The Morgan fingerprint density at radius 3 is 1.91 bits per heavy atom. The summed E-state index contributed by atoms with van der Waals surface area (Å²) < 4.78 is 49.2. The quantitative estimate of drug-likeness (QED) is 0.0778. The molecule has 0 unspecified atom stereocenters. The zero-order chi connectivity index (χ0) is 56.5. The molecule has 0 aromatic heterocycles. The van der Waals surface area contributed by atoms with Gasteiger partial charge >= 0.3 is 17.9 Å². The molecule has 1 saturated heterocycles. The van der Waals surface area contributed by atoms with E-state index < -0.39 is 113 Å². The number of fused-ring (bicyclic) bond motifs is 6. The summed E-state index contributed by atoms with van der Waals surface area (Å²) in [5.74, 6) is -3.78. The molecule has 2 heterocycles. The summed E-state index contributed by atoms with van der Waals surface area (Å²) >= 11 is 0. The lowest BCUT2D eigenvalue weighted by Gasteiger charge is -2.68. The Balaban J connectivity index is 1.72. The van der Waals surface area contributed by atoms with Crippen molar-refractivity contribution in [3.63, 3.8) is 0 Å². The van der Waals surface area contributed by atoms with Gasteiger partial charge in [-0.25, -0.2) is 4.79 Å². The summed E-state index contributed by atoms with van der Waals surface area (Å²) in [6.07, 6.45) is -0.785. The molecule has 0 spiro atoms. The number of carbonyl (C=O) groups excluding carboxylic acids is 5. The van der Waals surface area contributed by atoms with E-state index in [1.165, 1.54) is 6.92 Å². The largest absolute Gasteiger partial charge is 0.459 e. The molecular formula is C59H95NO13Si3. The van der Waals surface area contributed by atoms with E-state index in [0.29, 0.717) is 60.5 Å². The molecule has 3 bridgehead atoms. The third-order valence-corrected chi connectivity index (χ3v) is 33.4. The minimum Gasteiger partial charge on any atom is -0.459 e. The van der Waals surface area contributed by atoms with Gasteiger partial charge in [-0.15, -0.1) is 0 Å². The SMILES string of the molecule is CC[Si](CC)(CC)O[C@H]1C(=O)[C@@]2(C)[C@@H](O[Si](CC)(CC)CC)C[C@H]3OC[C@@]3(OC(C)=O)[C@@H]2[C@H]2OC(=O)CCCC=CCCCC(=O)N[C@@H](c3ccccc3)[C@H](O[Si](C)(C)C(C)(C)C)C(=O)O[C@H]3C[C@]2(O)C(C)(C)C1=C3C. The van der Waals surface area contributed by atoms with Gasteiger partial charge in [0, 0.05) is 38.0 Å². The molecule has 17 heteroatoms. The van der Waals surface area contributed by atoms with Crippen LogP contribution in [0.3, 0.4) is 0 Å². The smallest absolute Gasteiger partial charge is 0.337 e. The van der Waals surface area contributed by atoms with Crippen LogP contribution in [0.4, 0.5) is 0 Å². The normalized spacial score (nSPS) is 33.1. The number of esters is 3. The van der Waals surface area contributed by atoms with Crippen LogP contribution in [0.2, 0.25) is 54.4 Å². The summed E-state index contributed by atoms with van der Waals surface area (Å²) in [6.45, 7) is 31.7. The molecule has 1 aromatic rings. The Labute approximate surface area is 458 Å². The van der Waals surface area contributed by atoms with Crippen LogP contribution in [0.25, 0.3) is 0 Å². The van der Waals surface area contributed by atoms with Crippen LogP contribution in [0.15, 0.2) is 53.6 Å². The van der Waals surface area contributed by atoms with E-state index >= 15 is 9.59 Å². The zero-order valence-electron chi connectivity index (χ0n) is 49.1. The van der Waals surface area contributed by atoms with E-state index in [1.54, 1.807) is 0 Å². The van der Waals surface area contributed by atoms with E-state index in [9.17, 15) is 19.5 Å². The van der Waals surface area contributed by atoms with Gasteiger partial charge in [0.2, 0.25) is 5.91 Å². The summed E-state index contributed by atoms with van der Waals surface area (Å²) in [4.78, 5) is 75.6. The average Bonchev–Trinajstić information content (AvgIpc) is 3.41. The minimum atomic E-state index is -2.85. The number of benzene rings is 1. The number of ether oxygens (including phenoxy) is 4. The van der Waals surface area contributed by atoms with Crippen molar-refractivity contribution in [3.8, 4) is 0 Å². The van der Waals surface area contributed by atoms with Gasteiger partial charge in [-0.2, -0.15) is 0 Å². The van der Waals surface area contributed by atoms with Gasteiger partial charge in [0.25, 0.3) is 0 Å². The van der Waals surface area contributed by atoms with E-state index in [4.69, 9.17) is 32.2 Å². The molecule has 1 aromatic carbocycles. The first-order chi connectivity index (χ1) is 35.6. The molecule has 426 valence electrons. The van der Waals surface area contributed by atoms with Crippen molar-refractivity contribution in [1.82, 2.24) is 5.32 Å². The summed E-state index contributed by atoms with van der Waals surface area (Å²) in [5, 5.41) is 17.5. The van der Waals surface area contributed by atoms with Crippen molar-refractivity contribution >= 4 is 54.6 Å². The number of hydrogen-bond acceptors (Lipinski definition) is 13. The summed E-state index contributed by atoms with van der Waals surface area (Å²) in [5.41, 5.74) is -5.09. The minimum absolute atomic E-state index is 0.0219. The van der Waals surface area contributed by atoms with Crippen LogP contribution < -0.4 is 5.32 Å². The Morgan fingerprint density at radius 1 is 0.816 bits per heavy atom. The van der Waals surface area contributed by atoms with E-state index in [0.717, 1.165) is 18.1 Å². The first-order valence-corrected chi connectivity index (χ1v) is 36.7. The lowest BCUT2D eigenvalue weighted by atomic mass is 9.44. The van der Waals surface area contributed by atoms with Crippen LogP contribution in [-0.2, 0) is 56.2 Å². The second-order valence-corrected chi connectivity index (χ2v) is 39.2. The molecule has 11 atom stereocenters. The van der Waals surface area contributed by atoms with Gasteiger partial charge in [-0.05, 0) is 111 Å². The Morgan fingerprint density at radius 2 is 1.38 bits per heavy atom. The first-order valence-electron chi connectivity index (χ1n) is 28.8. The lowest BCUT2D eigenvalue weighted by Crippen LogP contribution is -2.82. The van der Waals surface area contributed by atoms with Crippen molar-refractivity contribution < 1.29 is 61.3 Å². The number of allylic oxidation sites excluding steroid dienone is 2. The van der Waals surface area contributed by atoms with Crippen LogP contribution in [-0.4, -0.2) is 114 Å². The first kappa shape index (κ1) is 61.9. The maximum Gasteiger partial charge on any atom is 0.337 e. The number of nitrogens with one attached hydrogen (secondary N) is 1. The molecule has 6 rings (SSSR count). The highest BCUT2D eigenvalue weighted by molar-refractivity contribution is 6.74. The van der Waals surface area contributed by atoms with Crippen molar-refractivity contribution in [2.24, 2.45) is 16.7 Å². The van der Waals surface area contributed by atoms with Crippen LogP contribution >= 0.6 is 0 Å². The van der Waals surface area contributed by atoms with Crippen molar-refractivity contribution in [3.05, 3.63) is 59.2 Å². The van der Waals surface area contributed by atoms with Crippen molar-refractivity contribution in [1.29, 1.82) is 0 Å². The standard InChI is InChI=1S/C59H95NO13Si3/c1-17-75(18-2,19-3)71-43-36-44-58(38-67-44,70-40(8)61)51-53-59(66)37-42(39(7)47(56(59,12)13)49(52(64)57(43,51)14)73-76(20-4,21-5)22-6)68-54(65)50(72-74(15,16)55(9,10)11)48(41-32-28-27-29-33-41)60-45(62)34-30-25-23-24-26-31-35-46(63)69-53/h23-24,27-29,32-33,42-44,48-51,53,66H,17-22,25-26,30-31,34-38H2,1-16H3,(H,60,62)/t42-,43-,44+,48-,49+,50-,51+,53+,57-,58-,59+/m0/s1. The molecule has 14 nitrogen and oxygen atoms in total. The molecule has 2 N–H and O–H groups in total. The number of carbonyl (C=O) groups is 5. The molecule has 1 amide bonds. The van der Waals surface area contributed by atoms with Gasteiger partial charge in [0.05, 0.1) is 30.1 Å². The van der Waals surface area contributed by atoms with Gasteiger partial charge in [0.1, 0.15) is 30.0 Å². The van der Waals surface area contributed by atoms with Gasteiger partial charge in [0.15, 0.2) is 42.4 Å². The fourth-order valence-corrected chi connectivity index (χ4v) is 20.1. The second-order valence-electron chi connectivity index (χ2n) is 25.0. The molecule has 2 saturated carbocycles. The number of rotatable bonds is 14. The van der Waals surface area contributed by atoms with Crippen molar-refractivity contribution in [2.75, 3.05) is 6.61 Å². The molecule has 3 fully saturated rings. The van der Waals surface area contributed by atoms with Gasteiger partial charge < -0.3 is 42.6 Å². The summed E-state index contributed by atoms with van der Waals surface area (Å²) in [6, 6.07) is 12.7. The lowest BCUT2D eigenvalue weighted by molar-refractivity contribution is -0.346. The molecular weight excluding hydrogens is 1010 g/mol. The van der Waals surface area contributed by atoms with E-state index in [-0.39, 0.29) is 49.0 Å². The Hall–Kier alpha value is -3.30. The highest BCUT2D eigenvalue weighted by Gasteiger charge is 2.79. The maximum atomic E-state index is 17.2. The molecule has 5 aliphatic rings. The number of hydrogen-bond donors (Lipinski definition) is 2. The number of aliphatic hydroxyl groups is 1. The topological polar surface area (TPSA) is 182 Å². The van der Waals surface area contributed by atoms with Crippen LogP contribution in [0, 0.1) is 16.7 Å². The Kier molecular flexibility index (Phi) is 19.4. The number of ketones is 1. The number of amides is 1. The van der Waals surface area contributed by atoms with Gasteiger partial charge in [-0.1, -0.05) is 119 Å². The molecule has 2 aliphatic heterocycles. The fraction of sp³-hybridized carbons (Fsp3) is 0.746. The fourth-order valence-electron chi connectivity index (χ4n) is 13.2. The van der Waals surface area contributed by atoms with Crippen LogP contribution in [0.5, 0.6) is 0 Å². The van der Waals surface area contributed by atoms with Crippen molar-refractivity contribution in [2.45, 2.75) is 257 Å². The molecule has 76 heavy (non-hydrogen) atoms. The van der Waals surface area contributed by atoms with E-state index in [1.807, 2.05) is 83.3 Å². The maximum absolute atomic E-state index is 17.2. The third kappa shape index (κ3) is 11.5. The van der Waals surface area contributed by atoms with Crippen LogP contribution in [0.1, 0.15) is 160 Å². The second kappa shape index (κ2) is 23.8. The zero-order valence-corrected chi connectivity index (χ0v) is 52.1. The third-order valence-electron chi connectivity index (χ3n) is 19.7. The van der Waals surface area contributed by atoms with Gasteiger partial charge in [-0.3, -0.25) is 19.2 Å². The predicted octanol–water partition coefficient (Wildman–Crippen LogP) is 11.5. The highest BCUT2D eigenvalue weighted by Crippen LogP contribution is 2.65. The molecule has 0 radical (unpaired) electrons. The monoisotopic (exact) mass is 1110 g/mol. The Bertz CT molecular complexity index is 2310. The predicted molar refractivity (Wildman–Crippen MR) is 302 cm³/mol. The average molecular weight is 1110 g/mol. The number of Topliss-reactive ketones (excluding diaryl/α,β-unsaturated/α-hetero) is 1. The summed E-state index contributed by atoms with van der Waals surface area (Å²) in [7, 11) is -8.20. The molecule has 3 aliphatic carbocycles. The van der Waals surface area contributed by atoms with E-state index in [2.05, 4.69) is 67.6 Å². The highest BCUT2D eigenvalue weighted by atomic mass is 28.4.